The molecule has 0 bridgehead atoms. The molecule has 4 rings (SSSR count). The quantitative estimate of drug-likeness (QED) is 0.919. The molecule has 1 N–H and O–H groups in total. The summed E-state index contributed by atoms with van der Waals surface area (Å²) >= 11 is 0. The van der Waals surface area contributed by atoms with Gasteiger partial charge in [-0.15, -0.1) is 0 Å². The van der Waals surface area contributed by atoms with Crippen molar-refractivity contribution in [3.63, 3.8) is 0 Å². The Morgan fingerprint density at radius 1 is 1.35 bits per heavy atom. The van der Waals surface area contributed by atoms with E-state index in [0.29, 0.717) is 31.8 Å². The van der Waals surface area contributed by atoms with Gasteiger partial charge in [0.1, 0.15) is 11.5 Å². The van der Waals surface area contributed by atoms with Crippen LogP contribution in [-0.4, -0.2) is 36.0 Å². The van der Waals surface area contributed by atoms with Gasteiger partial charge in [-0.1, -0.05) is 5.16 Å². The van der Waals surface area contributed by atoms with Gasteiger partial charge in [-0.3, -0.25) is 0 Å². The van der Waals surface area contributed by atoms with Crippen molar-refractivity contribution in [1.82, 2.24) is 15.4 Å². The van der Waals surface area contributed by atoms with Crippen LogP contribution in [0.4, 0.5) is 4.79 Å². The number of aromatic nitrogens is 1. The molecule has 0 saturated heterocycles. The topological polar surface area (TPSA) is 76.8 Å². The van der Waals surface area contributed by atoms with E-state index in [0.717, 1.165) is 28.3 Å². The summed E-state index contributed by atoms with van der Waals surface area (Å²) in [4.78, 5) is 13.8. The smallest absolute Gasteiger partial charge is 0.317 e. The van der Waals surface area contributed by atoms with Gasteiger partial charge in [-0.2, -0.15) is 0 Å². The highest BCUT2D eigenvalue weighted by atomic mass is 16.7. The monoisotopic (exact) mass is 315 g/mol. The van der Waals surface area contributed by atoms with Crippen LogP contribution in [0, 0.1) is 0 Å². The molecule has 23 heavy (non-hydrogen) atoms. The van der Waals surface area contributed by atoms with E-state index in [1.807, 2.05) is 25.1 Å². The first-order valence-electron chi connectivity index (χ1n) is 7.66. The number of nitrogens with zero attached hydrogens (tertiary/aromatic N) is 2. The zero-order valence-electron chi connectivity index (χ0n) is 12.8. The maximum absolute atomic E-state index is 12.1. The van der Waals surface area contributed by atoms with E-state index in [1.54, 1.807) is 4.90 Å². The van der Waals surface area contributed by atoms with Crippen LogP contribution in [0.3, 0.4) is 0 Å². The first-order valence-corrected chi connectivity index (χ1v) is 7.66. The molecule has 7 heteroatoms. The Morgan fingerprint density at radius 3 is 3.09 bits per heavy atom. The van der Waals surface area contributed by atoms with E-state index in [4.69, 9.17) is 14.0 Å². The molecule has 2 amide bonds. The summed E-state index contributed by atoms with van der Waals surface area (Å²) < 4.78 is 16.2. The highest BCUT2D eigenvalue weighted by molar-refractivity contribution is 5.75. The number of carbonyl (C=O) groups is 1. The van der Waals surface area contributed by atoms with Gasteiger partial charge in [0.2, 0.25) is 6.79 Å². The fourth-order valence-electron chi connectivity index (χ4n) is 2.92. The molecular weight excluding hydrogens is 298 g/mol. The highest BCUT2D eigenvalue weighted by Gasteiger charge is 2.28. The summed E-state index contributed by atoms with van der Waals surface area (Å²) in [6.07, 6.45) is 0.671. The van der Waals surface area contributed by atoms with Crippen molar-refractivity contribution >= 4 is 6.03 Å². The maximum Gasteiger partial charge on any atom is 0.317 e. The maximum atomic E-state index is 12.1. The summed E-state index contributed by atoms with van der Waals surface area (Å²) in [5, 5.41) is 7.03. The molecule has 2 aliphatic rings. The molecule has 0 spiro atoms. The number of hydrogen-bond donors (Lipinski definition) is 1. The molecule has 0 fully saturated rings. The zero-order valence-corrected chi connectivity index (χ0v) is 12.8. The summed E-state index contributed by atoms with van der Waals surface area (Å²) in [5.41, 5.74) is 2.62. The standard InChI is InChI=1S/C16H17N3O4/c1-2-17-16(20)19-6-5-12-11(8-19)15(18-23-12)10-3-4-13-14(7-10)22-9-21-13/h3-4,7H,2,5-6,8-9H2,1H3,(H,17,20). The largest absolute Gasteiger partial charge is 0.454 e. The molecule has 120 valence electrons. The Morgan fingerprint density at radius 2 is 2.22 bits per heavy atom. The second-order valence-corrected chi connectivity index (χ2v) is 5.51. The lowest BCUT2D eigenvalue weighted by Crippen LogP contribution is -2.42. The van der Waals surface area contributed by atoms with Crippen LogP contribution in [0.1, 0.15) is 18.2 Å². The third kappa shape index (κ3) is 2.38. The van der Waals surface area contributed by atoms with Gasteiger partial charge in [0.25, 0.3) is 0 Å². The second-order valence-electron chi connectivity index (χ2n) is 5.51. The van der Waals surface area contributed by atoms with E-state index < -0.39 is 0 Å². The van der Waals surface area contributed by atoms with Gasteiger partial charge >= 0.3 is 6.03 Å². The van der Waals surface area contributed by atoms with E-state index in [2.05, 4.69) is 10.5 Å². The molecule has 0 radical (unpaired) electrons. The van der Waals surface area contributed by atoms with Gasteiger partial charge < -0.3 is 24.2 Å². The van der Waals surface area contributed by atoms with E-state index >= 15 is 0 Å². The molecule has 0 atom stereocenters. The number of hydrogen-bond acceptors (Lipinski definition) is 5. The van der Waals surface area contributed by atoms with Crippen LogP contribution in [0.15, 0.2) is 22.7 Å². The van der Waals surface area contributed by atoms with Gasteiger partial charge in [0.05, 0.1) is 6.54 Å². The van der Waals surface area contributed by atoms with Crippen molar-refractivity contribution in [1.29, 1.82) is 0 Å². The lowest BCUT2D eigenvalue weighted by molar-refractivity contribution is 0.174. The van der Waals surface area contributed by atoms with Crippen LogP contribution in [0.2, 0.25) is 0 Å². The van der Waals surface area contributed by atoms with Crippen molar-refractivity contribution in [2.24, 2.45) is 0 Å². The summed E-state index contributed by atoms with van der Waals surface area (Å²) in [6, 6.07) is 5.63. The van der Waals surface area contributed by atoms with Crippen molar-refractivity contribution in [3.8, 4) is 22.8 Å². The Balaban J connectivity index is 1.65. The normalized spacial score (nSPS) is 15.4. The average Bonchev–Trinajstić information content (AvgIpc) is 3.20. The van der Waals surface area contributed by atoms with Crippen LogP contribution >= 0.6 is 0 Å². The number of ether oxygens (including phenoxy) is 2. The van der Waals surface area contributed by atoms with Gasteiger partial charge in [0.15, 0.2) is 11.5 Å². The number of carbonyl (C=O) groups excluding carboxylic acids is 1. The fourth-order valence-corrected chi connectivity index (χ4v) is 2.92. The number of rotatable bonds is 2. The predicted molar refractivity (Wildman–Crippen MR) is 81.2 cm³/mol. The average molecular weight is 315 g/mol. The molecule has 0 unspecified atom stereocenters. The fraction of sp³-hybridized carbons (Fsp3) is 0.375. The first-order chi connectivity index (χ1) is 11.3. The first kappa shape index (κ1) is 13.9. The van der Waals surface area contributed by atoms with E-state index in [-0.39, 0.29) is 12.8 Å². The van der Waals surface area contributed by atoms with Gasteiger partial charge in [0, 0.05) is 30.6 Å². The Labute approximate surface area is 133 Å². The summed E-state index contributed by atoms with van der Waals surface area (Å²) in [6.45, 7) is 3.88. The predicted octanol–water partition coefficient (Wildman–Crippen LogP) is 2.16. The summed E-state index contributed by atoms with van der Waals surface area (Å²) in [7, 11) is 0. The number of fused-ring (bicyclic) bond motifs is 2. The Bertz CT molecular complexity index is 756. The zero-order chi connectivity index (χ0) is 15.8. The third-order valence-corrected chi connectivity index (χ3v) is 4.09. The van der Waals surface area contributed by atoms with Gasteiger partial charge in [-0.25, -0.2) is 4.79 Å². The lowest BCUT2D eigenvalue weighted by Gasteiger charge is -2.26. The third-order valence-electron chi connectivity index (χ3n) is 4.09. The Hall–Kier alpha value is -2.70. The van der Waals surface area contributed by atoms with E-state index in [9.17, 15) is 4.79 Å². The van der Waals surface area contributed by atoms with Gasteiger partial charge in [-0.05, 0) is 25.1 Å². The lowest BCUT2D eigenvalue weighted by atomic mass is 10.0. The van der Waals surface area contributed by atoms with Crippen molar-refractivity contribution in [2.45, 2.75) is 19.9 Å². The number of nitrogens with one attached hydrogen (secondary N) is 1. The van der Waals surface area contributed by atoms with E-state index in [1.165, 1.54) is 0 Å². The minimum Gasteiger partial charge on any atom is -0.454 e. The van der Waals surface area contributed by atoms with Crippen LogP contribution in [-0.2, 0) is 13.0 Å². The number of benzene rings is 1. The Kier molecular flexibility index (Phi) is 3.33. The minimum absolute atomic E-state index is 0.0593. The molecule has 7 nitrogen and oxygen atoms in total. The van der Waals surface area contributed by atoms with Crippen molar-refractivity contribution in [3.05, 3.63) is 29.5 Å². The van der Waals surface area contributed by atoms with Crippen molar-refractivity contribution in [2.75, 3.05) is 19.9 Å². The molecule has 0 aliphatic carbocycles. The highest BCUT2D eigenvalue weighted by Crippen LogP contribution is 2.37. The molecule has 0 saturated carbocycles. The van der Waals surface area contributed by atoms with Crippen molar-refractivity contribution < 1.29 is 18.8 Å². The molecule has 1 aromatic carbocycles. The SMILES string of the molecule is CCNC(=O)N1CCc2onc(-c3ccc4c(c3)OCO4)c2C1. The molecular formula is C16H17N3O4. The second kappa shape index (κ2) is 5.49. The van der Waals surface area contributed by atoms with Crippen LogP contribution in [0.5, 0.6) is 11.5 Å². The molecule has 3 heterocycles. The molecule has 1 aromatic heterocycles. The molecule has 2 aliphatic heterocycles. The van der Waals surface area contributed by atoms with Crippen LogP contribution in [0.25, 0.3) is 11.3 Å². The summed E-state index contributed by atoms with van der Waals surface area (Å²) in [5.74, 6) is 2.28. The van der Waals surface area contributed by atoms with Crippen LogP contribution < -0.4 is 14.8 Å². The number of urea groups is 1. The molecule has 2 aromatic rings. The minimum atomic E-state index is -0.0593. The number of amides is 2.